The minimum atomic E-state index is -0.563. The predicted molar refractivity (Wildman–Crippen MR) is 78.1 cm³/mol. The molecule has 1 aliphatic heterocycles. The molecule has 4 N–H and O–H groups in total. The van der Waals surface area contributed by atoms with Gasteiger partial charge in [0.1, 0.15) is 0 Å². The molecule has 0 aliphatic carbocycles. The number of carbonyl (C=O) groups is 2. The minimum absolute atomic E-state index is 0. The maximum Gasteiger partial charge on any atom is 0.250 e. The monoisotopic (exact) mass is 299 g/mol. The molecule has 0 saturated carbocycles. The van der Waals surface area contributed by atoms with Crippen molar-refractivity contribution in [2.45, 2.75) is 12.5 Å². The number of halogens is 1. The number of ether oxygens (including phenoxy) is 1. The number of para-hydroxylation sites is 1. The number of morpholine rings is 1. The highest BCUT2D eigenvalue weighted by molar-refractivity contribution is 6.03. The molecule has 2 amide bonds. The maximum atomic E-state index is 11.9. The van der Waals surface area contributed by atoms with Gasteiger partial charge in [-0.05, 0) is 12.1 Å². The van der Waals surface area contributed by atoms with Crippen molar-refractivity contribution in [3.63, 3.8) is 0 Å². The summed E-state index contributed by atoms with van der Waals surface area (Å²) < 4.78 is 5.45. The van der Waals surface area contributed by atoms with E-state index in [-0.39, 0.29) is 30.8 Å². The van der Waals surface area contributed by atoms with Gasteiger partial charge in [0.25, 0.3) is 5.91 Å². The lowest BCUT2D eigenvalue weighted by atomic mass is 10.1. The average molecular weight is 300 g/mol. The SMILES string of the molecule is Cl.NC(=O)c1ccccc1NC(=O)CC1CNCCO1. The van der Waals surface area contributed by atoms with Crippen molar-refractivity contribution in [1.82, 2.24) is 5.32 Å². The largest absolute Gasteiger partial charge is 0.375 e. The lowest BCUT2D eigenvalue weighted by molar-refractivity contribution is -0.119. The number of nitrogens with two attached hydrogens (primary N) is 1. The van der Waals surface area contributed by atoms with Crippen molar-refractivity contribution < 1.29 is 14.3 Å². The molecule has 0 bridgehead atoms. The van der Waals surface area contributed by atoms with Gasteiger partial charge in [0.2, 0.25) is 5.91 Å². The van der Waals surface area contributed by atoms with E-state index in [1.54, 1.807) is 24.3 Å². The second-order valence-corrected chi connectivity index (χ2v) is 4.36. The molecule has 1 aromatic carbocycles. The van der Waals surface area contributed by atoms with E-state index in [2.05, 4.69) is 10.6 Å². The van der Waals surface area contributed by atoms with Gasteiger partial charge in [0, 0.05) is 13.1 Å². The molecule has 7 heteroatoms. The first-order chi connectivity index (χ1) is 9.16. The highest BCUT2D eigenvalue weighted by Gasteiger charge is 2.18. The van der Waals surface area contributed by atoms with Gasteiger partial charge < -0.3 is 21.1 Å². The van der Waals surface area contributed by atoms with Crippen LogP contribution in [0.4, 0.5) is 5.69 Å². The van der Waals surface area contributed by atoms with Gasteiger partial charge in [-0.3, -0.25) is 9.59 Å². The standard InChI is InChI=1S/C13H17N3O3.ClH/c14-13(18)10-3-1-2-4-11(10)16-12(17)7-9-8-15-5-6-19-9;/h1-4,9,15H,5-8H2,(H2,14,18)(H,16,17);1H. The highest BCUT2D eigenvalue weighted by Crippen LogP contribution is 2.15. The molecule has 6 nitrogen and oxygen atoms in total. The van der Waals surface area contributed by atoms with Crippen LogP contribution in [-0.4, -0.2) is 37.6 Å². The van der Waals surface area contributed by atoms with Crippen LogP contribution in [0.1, 0.15) is 16.8 Å². The topological polar surface area (TPSA) is 93.5 Å². The van der Waals surface area contributed by atoms with Crippen molar-refractivity contribution in [1.29, 1.82) is 0 Å². The number of primary amides is 1. The number of rotatable bonds is 4. The van der Waals surface area contributed by atoms with Gasteiger partial charge in [-0.1, -0.05) is 12.1 Å². The van der Waals surface area contributed by atoms with Crippen molar-refractivity contribution in [2.75, 3.05) is 25.0 Å². The summed E-state index contributed by atoms with van der Waals surface area (Å²) in [5, 5.41) is 5.85. The molecular weight excluding hydrogens is 282 g/mol. The Kier molecular flexibility index (Phi) is 6.44. The second kappa shape index (κ2) is 7.84. The number of carbonyl (C=O) groups excluding carboxylic acids is 2. The first kappa shape index (κ1) is 16.4. The molecule has 0 spiro atoms. The van der Waals surface area contributed by atoms with Crippen LogP contribution in [0.15, 0.2) is 24.3 Å². The normalized spacial score (nSPS) is 17.9. The Morgan fingerprint density at radius 3 is 2.80 bits per heavy atom. The molecule has 1 aliphatic rings. The Balaban J connectivity index is 0.00000200. The third-order valence-electron chi connectivity index (χ3n) is 2.88. The summed E-state index contributed by atoms with van der Waals surface area (Å²) in [4.78, 5) is 23.1. The average Bonchev–Trinajstić information content (AvgIpc) is 2.40. The summed E-state index contributed by atoms with van der Waals surface area (Å²) in [7, 11) is 0. The maximum absolute atomic E-state index is 11.9. The van der Waals surface area contributed by atoms with E-state index < -0.39 is 5.91 Å². The van der Waals surface area contributed by atoms with Gasteiger partial charge in [-0.2, -0.15) is 0 Å². The van der Waals surface area contributed by atoms with E-state index in [1.807, 2.05) is 0 Å². The number of nitrogens with one attached hydrogen (secondary N) is 2. The lowest BCUT2D eigenvalue weighted by Crippen LogP contribution is -2.40. The van der Waals surface area contributed by atoms with E-state index in [4.69, 9.17) is 10.5 Å². The van der Waals surface area contributed by atoms with E-state index >= 15 is 0 Å². The molecule has 20 heavy (non-hydrogen) atoms. The number of hydrogen-bond donors (Lipinski definition) is 3. The Morgan fingerprint density at radius 2 is 2.15 bits per heavy atom. The summed E-state index contributed by atoms with van der Waals surface area (Å²) >= 11 is 0. The molecule has 1 heterocycles. The van der Waals surface area contributed by atoms with Crippen molar-refractivity contribution in [2.24, 2.45) is 5.73 Å². The summed E-state index contributed by atoms with van der Waals surface area (Å²) in [6.45, 7) is 2.07. The Bertz CT molecular complexity index is 476. The third kappa shape index (κ3) is 4.48. The smallest absolute Gasteiger partial charge is 0.250 e. The van der Waals surface area contributed by atoms with Crippen LogP contribution in [0.3, 0.4) is 0 Å². The van der Waals surface area contributed by atoms with Crippen molar-refractivity contribution in [3.8, 4) is 0 Å². The first-order valence-electron chi connectivity index (χ1n) is 6.18. The zero-order chi connectivity index (χ0) is 13.7. The van der Waals surface area contributed by atoms with Gasteiger partial charge in [-0.15, -0.1) is 12.4 Å². The fourth-order valence-electron chi connectivity index (χ4n) is 1.97. The Labute approximate surface area is 123 Å². The highest BCUT2D eigenvalue weighted by atomic mass is 35.5. The molecule has 1 unspecified atom stereocenters. The fraction of sp³-hybridized carbons (Fsp3) is 0.385. The lowest BCUT2D eigenvalue weighted by Gasteiger charge is -2.23. The van der Waals surface area contributed by atoms with Gasteiger partial charge >= 0.3 is 0 Å². The molecule has 110 valence electrons. The van der Waals surface area contributed by atoms with Crippen LogP contribution in [0.5, 0.6) is 0 Å². The number of amides is 2. The zero-order valence-corrected chi connectivity index (χ0v) is 11.7. The van der Waals surface area contributed by atoms with E-state index in [1.165, 1.54) is 0 Å². The van der Waals surface area contributed by atoms with Crippen LogP contribution in [0, 0.1) is 0 Å². The van der Waals surface area contributed by atoms with E-state index in [0.717, 1.165) is 6.54 Å². The zero-order valence-electron chi connectivity index (χ0n) is 10.9. The van der Waals surface area contributed by atoms with Gasteiger partial charge in [0.15, 0.2) is 0 Å². The first-order valence-corrected chi connectivity index (χ1v) is 6.18. The Hall–Kier alpha value is -1.63. The molecule has 1 aromatic rings. The summed E-state index contributed by atoms with van der Waals surface area (Å²) in [6.07, 6.45) is 0.120. The Morgan fingerprint density at radius 1 is 1.40 bits per heavy atom. The number of anilines is 1. The third-order valence-corrected chi connectivity index (χ3v) is 2.88. The molecular formula is C13H18ClN3O3. The van der Waals surface area contributed by atoms with E-state index in [9.17, 15) is 9.59 Å². The van der Waals surface area contributed by atoms with E-state index in [0.29, 0.717) is 24.4 Å². The van der Waals surface area contributed by atoms with Crippen LogP contribution in [0.25, 0.3) is 0 Å². The van der Waals surface area contributed by atoms with Crippen LogP contribution >= 0.6 is 12.4 Å². The van der Waals surface area contributed by atoms with Gasteiger partial charge in [0.05, 0.1) is 30.4 Å². The molecule has 0 radical (unpaired) electrons. The van der Waals surface area contributed by atoms with Crippen LogP contribution in [-0.2, 0) is 9.53 Å². The number of hydrogen-bond acceptors (Lipinski definition) is 4. The molecule has 1 fully saturated rings. The summed E-state index contributed by atoms with van der Waals surface area (Å²) in [5.41, 5.74) is 5.99. The quantitative estimate of drug-likeness (QED) is 0.756. The summed E-state index contributed by atoms with van der Waals surface area (Å²) in [6, 6.07) is 6.67. The van der Waals surface area contributed by atoms with Crippen molar-refractivity contribution >= 4 is 29.9 Å². The number of benzene rings is 1. The molecule has 2 rings (SSSR count). The molecule has 0 aromatic heterocycles. The van der Waals surface area contributed by atoms with Crippen molar-refractivity contribution in [3.05, 3.63) is 29.8 Å². The summed E-state index contributed by atoms with van der Waals surface area (Å²) in [5.74, 6) is -0.756. The minimum Gasteiger partial charge on any atom is -0.375 e. The second-order valence-electron chi connectivity index (χ2n) is 4.36. The van der Waals surface area contributed by atoms with Crippen LogP contribution in [0.2, 0.25) is 0 Å². The molecule has 1 atom stereocenters. The predicted octanol–water partition coefficient (Wildman–Crippen LogP) is 0.524. The van der Waals surface area contributed by atoms with Crippen LogP contribution < -0.4 is 16.4 Å². The molecule has 1 saturated heterocycles. The fourth-order valence-corrected chi connectivity index (χ4v) is 1.97. The van der Waals surface area contributed by atoms with Gasteiger partial charge in [-0.25, -0.2) is 0 Å².